The molecule has 1 aromatic heterocycles. The Bertz CT molecular complexity index is 573. The fraction of sp³-hybridized carbons (Fsp3) is 0.500. The molecule has 0 saturated carbocycles. The van der Waals surface area contributed by atoms with E-state index in [-0.39, 0.29) is 0 Å². The van der Waals surface area contributed by atoms with Crippen molar-refractivity contribution in [1.29, 1.82) is 0 Å². The maximum Gasteiger partial charge on any atom is 0.0534 e. The molecule has 1 atom stereocenters. The number of aryl methyl sites for hydroxylation is 1. The molecule has 0 radical (unpaired) electrons. The zero-order valence-corrected chi connectivity index (χ0v) is 12.9. The van der Waals surface area contributed by atoms with Crippen molar-refractivity contribution in [1.82, 2.24) is 15.1 Å². The fourth-order valence-corrected chi connectivity index (χ4v) is 3.28. The molecule has 0 bridgehead atoms. The zero-order chi connectivity index (χ0) is 14.5. The van der Waals surface area contributed by atoms with Crippen LogP contribution in [0.3, 0.4) is 0 Å². The summed E-state index contributed by atoms with van der Waals surface area (Å²) in [6, 6.07) is 8.91. The van der Waals surface area contributed by atoms with Gasteiger partial charge in [0.15, 0.2) is 0 Å². The predicted molar refractivity (Wildman–Crippen MR) is 86.3 cm³/mol. The lowest BCUT2D eigenvalue weighted by atomic mass is 9.83. The third-order valence-electron chi connectivity index (χ3n) is 4.34. The molecule has 1 N–H and O–H groups in total. The second kappa shape index (κ2) is 6.90. The third kappa shape index (κ3) is 3.53. The van der Waals surface area contributed by atoms with E-state index in [0.717, 1.165) is 19.6 Å². The van der Waals surface area contributed by atoms with Crippen LogP contribution in [0, 0.1) is 0 Å². The number of nitrogens with zero attached hydrogens (tertiary/aromatic N) is 2. The van der Waals surface area contributed by atoms with Crippen LogP contribution in [0.25, 0.3) is 0 Å². The van der Waals surface area contributed by atoms with Crippen molar-refractivity contribution >= 4 is 0 Å². The second-order valence-electron chi connectivity index (χ2n) is 6.04. The van der Waals surface area contributed by atoms with Crippen LogP contribution in [0.1, 0.15) is 48.8 Å². The van der Waals surface area contributed by atoms with Gasteiger partial charge in [-0.25, -0.2) is 0 Å². The molecular weight excluding hydrogens is 258 g/mol. The first-order valence-electron chi connectivity index (χ1n) is 8.16. The molecule has 2 aromatic rings. The lowest BCUT2D eigenvalue weighted by Gasteiger charge is -2.25. The van der Waals surface area contributed by atoms with E-state index in [1.54, 1.807) is 0 Å². The summed E-state index contributed by atoms with van der Waals surface area (Å²) in [5.41, 5.74) is 4.35. The van der Waals surface area contributed by atoms with E-state index in [4.69, 9.17) is 0 Å². The standard InChI is InChI=1S/C18H25N3/c1-2-10-19-11-15-12-20-21(13-15)14-17-8-5-7-16-6-3-4-9-18(16)17/h3-4,6,9,12-13,17,19H,2,5,7-8,10-11,14H2,1H3. The molecule has 0 saturated heterocycles. The summed E-state index contributed by atoms with van der Waals surface area (Å²) in [4.78, 5) is 0. The lowest BCUT2D eigenvalue weighted by molar-refractivity contribution is 0.457. The number of benzene rings is 1. The molecule has 1 unspecified atom stereocenters. The maximum absolute atomic E-state index is 4.54. The first-order chi connectivity index (χ1) is 10.4. The molecule has 3 rings (SSSR count). The van der Waals surface area contributed by atoms with Crippen molar-refractivity contribution in [2.45, 2.75) is 51.6 Å². The molecule has 3 heteroatoms. The first-order valence-corrected chi connectivity index (χ1v) is 8.16. The second-order valence-corrected chi connectivity index (χ2v) is 6.04. The Morgan fingerprint density at radius 1 is 1.33 bits per heavy atom. The van der Waals surface area contributed by atoms with Crippen molar-refractivity contribution in [3.63, 3.8) is 0 Å². The van der Waals surface area contributed by atoms with E-state index >= 15 is 0 Å². The molecule has 112 valence electrons. The Balaban J connectivity index is 1.65. The largest absolute Gasteiger partial charge is 0.313 e. The van der Waals surface area contributed by atoms with Gasteiger partial charge in [0.2, 0.25) is 0 Å². The average molecular weight is 283 g/mol. The normalized spacial score (nSPS) is 17.7. The van der Waals surface area contributed by atoms with Gasteiger partial charge in [0.25, 0.3) is 0 Å². The number of hydrogen-bond donors (Lipinski definition) is 1. The third-order valence-corrected chi connectivity index (χ3v) is 4.34. The Morgan fingerprint density at radius 3 is 3.14 bits per heavy atom. The van der Waals surface area contributed by atoms with Gasteiger partial charge in [-0.05, 0) is 43.4 Å². The molecule has 1 aromatic carbocycles. The van der Waals surface area contributed by atoms with E-state index < -0.39 is 0 Å². The highest BCUT2D eigenvalue weighted by Crippen LogP contribution is 2.32. The highest BCUT2D eigenvalue weighted by Gasteiger charge is 2.20. The fourth-order valence-electron chi connectivity index (χ4n) is 3.28. The van der Waals surface area contributed by atoms with Gasteiger partial charge in [0, 0.05) is 30.8 Å². The topological polar surface area (TPSA) is 29.9 Å². The Kier molecular flexibility index (Phi) is 4.71. The van der Waals surface area contributed by atoms with E-state index in [9.17, 15) is 0 Å². The number of fused-ring (bicyclic) bond motifs is 1. The monoisotopic (exact) mass is 283 g/mol. The van der Waals surface area contributed by atoms with Crippen molar-refractivity contribution in [2.24, 2.45) is 0 Å². The minimum atomic E-state index is 0.617. The van der Waals surface area contributed by atoms with Gasteiger partial charge in [-0.3, -0.25) is 4.68 Å². The zero-order valence-electron chi connectivity index (χ0n) is 12.9. The van der Waals surface area contributed by atoms with Gasteiger partial charge in [-0.15, -0.1) is 0 Å². The highest BCUT2D eigenvalue weighted by atomic mass is 15.3. The van der Waals surface area contributed by atoms with Crippen molar-refractivity contribution in [3.05, 3.63) is 53.3 Å². The van der Waals surface area contributed by atoms with Crippen LogP contribution in [0.5, 0.6) is 0 Å². The molecule has 0 amide bonds. The summed E-state index contributed by atoms with van der Waals surface area (Å²) in [6.07, 6.45) is 9.18. The van der Waals surface area contributed by atoms with E-state index in [0.29, 0.717) is 5.92 Å². The van der Waals surface area contributed by atoms with Crippen molar-refractivity contribution < 1.29 is 0 Å². The van der Waals surface area contributed by atoms with Crippen molar-refractivity contribution in [2.75, 3.05) is 6.54 Å². The Labute approximate surface area is 127 Å². The molecule has 1 aliphatic rings. The minimum absolute atomic E-state index is 0.617. The number of aromatic nitrogens is 2. The van der Waals surface area contributed by atoms with Gasteiger partial charge in [-0.2, -0.15) is 5.10 Å². The number of nitrogens with one attached hydrogen (secondary N) is 1. The smallest absolute Gasteiger partial charge is 0.0534 e. The Hall–Kier alpha value is -1.61. The number of rotatable bonds is 6. The minimum Gasteiger partial charge on any atom is -0.313 e. The van der Waals surface area contributed by atoms with Crippen LogP contribution in [-0.2, 0) is 19.5 Å². The molecule has 0 spiro atoms. The number of hydrogen-bond acceptors (Lipinski definition) is 2. The van der Waals surface area contributed by atoms with Crippen LogP contribution in [0.2, 0.25) is 0 Å². The molecular formula is C18H25N3. The molecule has 0 aliphatic heterocycles. The SMILES string of the molecule is CCCNCc1cnn(CC2CCCc3ccccc32)c1. The summed E-state index contributed by atoms with van der Waals surface area (Å²) in [5, 5.41) is 7.97. The van der Waals surface area contributed by atoms with Gasteiger partial charge < -0.3 is 5.32 Å². The first kappa shape index (κ1) is 14.3. The van der Waals surface area contributed by atoms with Crippen LogP contribution in [0.15, 0.2) is 36.7 Å². The predicted octanol–water partition coefficient (Wildman–Crippen LogP) is 3.50. The summed E-state index contributed by atoms with van der Waals surface area (Å²) < 4.78 is 2.12. The summed E-state index contributed by atoms with van der Waals surface area (Å²) >= 11 is 0. The van der Waals surface area contributed by atoms with Gasteiger partial charge in [0.05, 0.1) is 6.20 Å². The van der Waals surface area contributed by atoms with E-state index in [1.165, 1.54) is 42.4 Å². The van der Waals surface area contributed by atoms with Crippen molar-refractivity contribution in [3.8, 4) is 0 Å². The van der Waals surface area contributed by atoms with Gasteiger partial charge >= 0.3 is 0 Å². The summed E-state index contributed by atoms with van der Waals surface area (Å²) in [6.45, 7) is 5.19. The average Bonchev–Trinajstić information content (AvgIpc) is 2.96. The Morgan fingerprint density at radius 2 is 2.24 bits per heavy atom. The molecule has 21 heavy (non-hydrogen) atoms. The molecule has 3 nitrogen and oxygen atoms in total. The van der Waals surface area contributed by atoms with Crippen LogP contribution in [-0.4, -0.2) is 16.3 Å². The molecule has 1 heterocycles. The lowest BCUT2D eigenvalue weighted by Crippen LogP contribution is -2.16. The van der Waals surface area contributed by atoms with Crippen LogP contribution < -0.4 is 5.32 Å². The summed E-state index contributed by atoms with van der Waals surface area (Å²) in [7, 11) is 0. The molecule has 1 aliphatic carbocycles. The van der Waals surface area contributed by atoms with Crippen LogP contribution in [0.4, 0.5) is 0 Å². The van der Waals surface area contributed by atoms with E-state index in [2.05, 4.69) is 52.5 Å². The highest BCUT2D eigenvalue weighted by molar-refractivity contribution is 5.32. The van der Waals surface area contributed by atoms with Crippen LogP contribution >= 0.6 is 0 Å². The van der Waals surface area contributed by atoms with Gasteiger partial charge in [-0.1, -0.05) is 31.2 Å². The summed E-state index contributed by atoms with van der Waals surface area (Å²) in [5.74, 6) is 0.617. The maximum atomic E-state index is 4.54. The quantitative estimate of drug-likeness (QED) is 0.822. The molecule has 0 fully saturated rings. The van der Waals surface area contributed by atoms with Gasteiger partial charge in [0.1, 0.15) is 0 Å². The van der Waals surface area contributed by atoms with E-state index in [1.807, 2.05) is 6.20 Å².